The fourth-order valence-corrected chi connectivity index (χ4v) is 4.25. The monoisotopic (exact) mass is 472 g/mol. The molecule has 0 aliphatic rings. The fraction of sp³-hybridized carbons (Fsp3) is 0.304. The van der Waals surface area contributed by atoms with Crippen LogP contribution in [-0.2, 0) is 11.3 Å². The molecule has 3 aromatic rings. The Bertz CT molecular complexity index is 1220. The molecular formula is C23H22ClFN4O2S. The standard InChI is InChI=1S/C23H22ClFN4O2S/c1-15(2)13-29-22(31)19-9-4-16(24)12-20(19)27-23(29)32-14-21(30)28(11-3-10-26)18-7-5-17(25)6-8-18/h4-9,12,15H,3,11,13-14H2,1-2H3. The SMILES string of the molecule is CC(C)Cn1c(SCC(=O)N(CCC#N)c2ccc(F)cc2)nc2cc(Cl)ccc2c1=O. The molecule has 166 valence electrons. The number of anilines is 1. The minimum Gasteiger partial charge on any atom is -0.311 e. The summed E-state index contributed by atoms with van der Waals surface area (Å²) < 4.78 is 14.9. The molecule has 1 amide bonds. The van der Waals surface area contributed by atoms with Crippen LogP contribution < -0.4 is 10.5 Å². The third-order valence-electron chi connectivity index (χ3n) is 4.64. The molecule has 0 fully saturated rings. The van der Waals surface area contributed by atoms with Crippen LogP contribution in [0.1, 0.15) is 20.3 Å². The summed E-state index contributed by atoms with van der Waals surface area (Å²) >= 11 is 7.23. The first-order valence-electron chi connectivity index (χ1n) is 10.1. The molecule has 0 bridgehead atoms. The lowest BCUT2D eigenvalue weighted by Crippen LogP contribution is -2.33. The van der Waals surface area contributed by atoms with Gasteiger partial charge in [-0.05, 0) is 48.4 Å². The average molecular weight is 473 g/mol. The molecule has 0 N–H and O–H groups in total. The Kier molecular flexibility index (Phi) is 7.89. The molecule has 32 heavy (non-hydrogen) atoms. The Morgan fingerprint density at radius 2 is 2.00 bits per heavy atom. The van der Waals surface area contributed by atoms with Crippen LogP contribution in [0, 0.1) is 23.1 Å². The second-order valence-electron chi connectivity index (χ2n) is 7.58. The number of carbonyl (C=O) groups excluding carboxylic acids is 1. The van der Waals surface area contributed by atoms with Gasteiger partial charge in [0.1, 0.15) is 5.82 Å². The summed E-state index contributed by atoms with van der Waals surface area (Å²) in [6.07, 6.45) is 0.137. The topological polar surface area (TPSA) is 79.0 Å². The highest BCUT2D eigenvalue weighted by Gasteiger charge is 2.19. The zero-order chi connectivity index (χ0) is 23.3. The molecule has 0 atom stereocenters. The Morgan fingerprint density at radius 3 is 2.66 bits per heavy atom. The number of thioether (sulfide) groups is 1. The lowest BCUT2D eigenvalue weighted by molar-refractivity contribution is -0.116. The van der Waals surface area contributed by atoms with Gasteiger partial charge in [-0.3, -0.25) is 14.2 Å². The van der Waals surface area contributed by atoms with Gasteiger partial charge in [0.2, 0.25) is 5.91 Å². The molecule has 2 aromatic carbocycles. The van der Waals surface area contributed by atoms with E-state index in [9.17, 15) is 14.0 Å². The van der Waals surface area contributed by atoms with Gasteiger partial charge in [0.15, 0.2) is 5.16 Å². The second kappa shape index (κ2) is 10.6. The highest BCUT2D eigenvalue weighted by atomic mass is 35.5. The van der Waals surface area contributed by atoms with Gasteiger partial charge in [-0.1, -0.05) is 37.2 Å². The van der Waals surface area contributed by atoms with E-state index in [0.717, 1.165) is 11.8 Å². The van der Waals surface area contributed by atoms with Gasteiger partial charge in [0.05, 0.1) is 29.1 Å². The first kappa shape index (κ1) is 23.8. The number of aromatic nitrogens is 2. The van der Waals surface area contributed by atoms with Crippen LogP contribution in [0.15, 0.2) is 52.4 Å². The summed E-state index contributed by atoms with van der Waals surface area (Å²) in [5, 5.41) is 10.3. The van der Waals surface area contributed by atoms with E-state index in [2.05, 4.69) is 4.98 Å². The molecule has 0 spiro atoms. The summed E-state index contributed by atoms with van der Waals surface area (Å²) in [6.45, 7) is 4.63. The van der Waals surface area contributed by atoms with Crippen molar-refractivity contribution in [1.82, 2.24) is 9.55 Å². The summed E-state index contributed by atoms with van der Waals surface area (Å²) in [4.78, 5) is 32.1. The van der Waals surface area contributed by atoms with Crippen LogP contribution in [0.3, 0.4) is 0 Å². The minimum atomic E-state index is -0.410. The van der Waals surface area contributed by atoms with Crippen LogP contribution in [0.25, 0.3) is 10.9 Å². The minimum absolute atomic E-state index is 0.000583. The molecule has 0 aliphatic heterocycles. The van der Waals surface area contributed by atoms with E-state index in [-0.39, 0.29) is 36.1 Å². The highest BCUT2D eigenvalue weighted by Crippen LogP contribution is 2.23. The largest absolute Gasteiger partial charge is 0.311 e. The fourth-order valence-electron chi connectivity index (χ4n) is 3.19. The zero-order valence-electron chi connectivity index (χ0n) is 17.7. The van der Waals surface area contributed by atoms with E-state index in [0.29, 0.717) is 33.3 Å². The summed E-state index contributed by atoms with van der Waals surface area (Å²) in [7, 11) is 0. The highest BCUT2D eigenvalue weighted by molar-refractivity contribution is 7.99. The molecule has 6 nitrogen and oxygen atoms in total. The maximum absolute atomic E-state index is 13.3. The van der Waals surface area contributed by atoms with Gasteiger partial charge in [-0.2, -0.15) is 5.26 Å². The van der Waals surface area contributed by atoms with E-state index < -0.39 is 5.82 Å². The van der Waals surface area contributed by atoms with Crippen molar-refractivity contribution < 1.29 is 9.18 Å². The molecule has 1 aromatic heterocycles. The van der Waals surface area contributed by atoms with Gasteiger partial charge in [0.25, 0.3) is 5.56 Å². The van der Waals surface area contributed by atoms with Crippen LogP contribution >= 0.6 is 23.4 Å². The van der Waals surface area contributed by atoms with Gasteiger partial charge in [-0.25, -0.2) is 9.37 Å². The number of fused-ring (bicyclic) bond motifs is 1. The normalized spacial score (nSPS) is 11.0. The van der Waals surface area contributed by atoms with Crippen LogP contribution in [0.4, 0.5) is 10.1 Å². The number of rotatable bonds is 8. The molecule has 0 radical (unpaired) electrons. The predicted octanol–water partition coefficient (Wildman–Crippen LogP) is 4.88. The first-order chi connectivity index (χ1) is 15.3. The smallest absolute Gasteiger partial charge is 0.262 e. The second-order valence-corrected chi connectivity index (χ2v) is 8.96. The van der Waals surface area contributed by atoms with Crippen LogP contribution in [-0.4, -0.2) is 27.8 Å². The van der Waals surface area contributed by atoms with E-state index >= 15 is 0 Å². The van der Waals surface area contributed by atoms with Crippen molar-refractivity contribution >= 4 is 45.9 Å². The lowest BCUT2D eigenvalue weighted by Gasteiger charge is -2.22. The van der Waals surface area contributed by atoms with Crippen molar-refractivity contribution in [1.29, 1.82) is 5.26 Å². The van der Waals surface area contributed by atoms with Crippen LogP contribution in [0.5, 0.6) is 0 Å². The Labute approximate surface area is 194 Å². The Balaban J connectivity index is 1.91. The lowest BCUT2D eigenvalue weighted by atomic mass is 10.2. The molecule has 0 saturated carbocycles. The number of nitriles is 1. The number of benzene rings is 2. The number of hydrogen-bond donors (Lipinski definition) is 0. The van der Waals surface area contributed by atoms with Gasteiger partial charge in [-0.15, -0.1) is 0 Å². The molecule has 0 unspecified atom stereocenters. The quantitative estimate of drug-likeness (QED) is 0.344. The van der Waals surface area contributed by atoms with Gasteiger partial charge >= 0.3 is 0 Å². The molecule has 1 heterocycles. The van der Waals surface area contributed by atoms with Crippen molar-refractivity contribution in [2.24, 2.45) is 5.92 Å². The van der Waals surface area contributed by atoms with Crippen molar-refractivity contribution in [3.63, 3.8) is 0 Å². The molecular weight excluding hydrogens is 451 g/mol. The van der Waals surface area contributed by atoms with E-state index in [1.54, 1.807) is 22.8 Å². The van der Waals surface area contributed by atoms with E-state index in [4.69, 9.17) is 16.9 Å². The van der Waals surface area contributed by atoms with Crippen molar-refractivity contribution in [2.75, 3.05) is 17.2 Å². The maximum Gasteiger partial charge on any atom is 0.262 e. The third kappa shape index (κ3) is 5.67. The van der Waals surface area contributed by atoms with Crippen molar-refractivity contribution in [2.45, 2.75) is 32.0 Å². The molecule has 3 rings (SSSR count). The number of hydrogen-bond acceptors (Lipinski definition) is 5. The number of amides is 1. The molecule has 9 heteroatoms. The number of halogens is 2. The third-order valence-corrected chi connectivity index (χ3v) is 5.84. The Morgan fingerprint density at radius 1 is 1.28 bits per heavy atom. The number of carbonyl (C=O) groups is 1. The Hall–Kier alpha value is -2.89. The van der Waals surface area contributed by atoms with Crippen molar-refractivity contribution in [3.05, 3.63) is 63.7 Å². The van der Waals surface area contributed by atoms with Gasteiger partial charge in [0, 0.05) is 23.8 Å². The average Bonchev–Trinajstić information content (AvgIpc) is 2.75. The van der Waals surface area contributed by atoms with Gasteiger partial charge < -0.3 is 4.90 Å². The van der Waals surface area contributed by atoms with Crippen molar-refractivity contribution in [3.8, 4) is 6.07 Å². The van der Waals surface area contributed by atoms with Crippen LogP contribution in [0.2, 0.25) is 5.02 Å². The summed E-state index contributed by atoms with van der Waals surface area (Å²) in [5.41, 5.74) is 0.789. The summed E-state index contributed by atoms with van der Waals surface area (Å²) in [6, 6.07) is 12.5. The zero-order valence-corrected chi connectivity index (χ0v) is 19.3. The number of nitrogens with zero attached hydrogens (tertiary/aromatic N) is 4. The molecule has 0 aliphatic carbocycles. The van der Waals surface area contributed by atoms with E-state index in [1.807, 2.05) is 19.9 Å². The van der Waals surface area contributed by atoms with E-state index in [1.165, 1.54) is 29.2 Å². The summed E-state index contributed by atoms with van der Waals surface area (Å²) in [5.74, 6) is -0.485. The predicted molar refractivity (Wildman–Crippen MR) is 126 cm³/mol. The molecule has 0 saturated heterocycles. The maximum atomic E-state index is 13.3. The first-order valence-corrected chi connectivity index (χ1v) is 11.4.